The van der Waals surface area contributed by atoms with Crippen molar-refractivity contribution in [1.29, 1.82) is 0 Å². The molecule has 0 aliphatic carbocycles. The summed E-state index contributed by atoms with van der Waals surface area (Å²) in [6.07, 6.45) is 0.825. The van der Waals surface area contributed by atoms with E-state index in [9.17, 15) is 9.59 Å². The number of esters is 1. The van der Waals surface area contributed by atoms with Crippen LogP contribution in [0.2, 0.25) is 0 Å². The van der Waals surface area contributed by atoms with Crippen molar-refractivity contribution in [3.63, 3.8) is 0 Å². The molecule has 20 heavy (non-hydrogen) atoms. The average Bonchev–Trinajstić information content (AvgIpc) is 2.43. The molecule has 0 aliphatic heterocycles. The Morgan fingerprint density at radius 3 is 2.50 bits per heavy atom. The van der Waals surface area contributed by atoms with Gasteiger partial charge < -0.3 is 14.8 Å². The fraction of sp³-hybridized carbons (Fsp3) is 0.467. The number of aryl methyl sites for hydroxylation is 1. The molecular weight excluding hydrogens is 258 g/mol. The molecule has 1 N–H and O–H groups in total. The molecule has 0 spiro atoms. The fourth-order valence-corrected chi connectivity index (χ4v) is 1.77. The third kappa shape index (κ3) is 4.26. The van der Waals surface area contributed by atoms with Crippen molar-refractivity contribution in [3.05, 3.63) is 29.8 Å². The van der Waals surface area contributed by atoms with Gasteiger partial charge in [0.05, 0.1) is 7.11 Å². The number of methoxy groups -OCH3 is 1. The van der Waals surface area contributed by atoms with Gasteiger partial charge in [-0.3, -0.25) is 4.79 Å². The molecule has 1 rings (SSSR count). The average molecular weight is 279 g/mol. The summed E-state index contributed by atoms with van der Waals surface area (Å²) in [5.74, 6) is -0.188. The zero-order valence-electron chi connectivity index (χ0n) is 12.4. The summed E-state index contributed by atoms with van der Waals surface area (Å²) in [6.45, 7) is 5.04. The van der Waals surface area contributed by atoms with Gasteiger partial charge in [-0.05, 0) is 31.9 Å². The predicted octanol–water partition coefficient (Wildman–Crippen LogP) is 1.70. The molecule has 0 radical (unpaired) electrons. The van der Waals surface area contributed by atoms with E-state index in [1.807, 2.05) is 31.2 Å². The minimum Gasteiger partial charge on any atom is -0.483 e. The standard InChI is InChI=1S/C15H21NO4/c1-5-11-8-6-7-9-12(11)20-10-13(17)16-15(2,3)14(18)19-4/h6-9H,5,10H2,1-4H3,(H,16,17). The summed E-state index contributed by atoms with van der Waals surface area (Å²) in [7, 11) is 1.28. The molecule has 110 valence electrons. The van der Waals surface area contributed by atoms with Crippen LogP contribution in [0.25, 0.3) is 0 Å². The van der Waals surface area contributed by atoms with E-state index in [4.69, 9.17) is 4.74 Å². The van der Waals surface area contributed by atoms with Crippen LogP contribution < -0.4 is 10.1 Å². The Labute approximate surface area is 119 Å². The highest BCUT2D eigenvalue weighted by atomic mass is 16.5. The summed E-state index contributed by atoms with van der Waals surface area (Å²) in [6, 6.07) is 7.54. The van der Waals surface area contributed by atoms with Crippen molar-refractivity contribution in [1.82, 2.24) is 5.32 Å². The van der Waals surface area contributed by atoms with Gasteiger partial charge in [-0.1, -0.05) is 25.1 Å². The first kappa shape index (κ1) is 16.0. The normalized spacial score (nSPS) is 10.8. The van der Waals surface area contributed by atoms with Gasteiger partial charge in [0.2, 0.25) is 0 Å². The van der Waals surface area contributed by atoms with Gasteiger partial charge in [0, 0.05) is 0 Å². The van der Waals surface area contributed by atoms with E-state index in [0.717, 1.165) is 12.0 Å². The molecule has 5 heteroatoms. The van der Waals surface area contributed by atoms with Crippen LogP contribution in [0.5, 0.6) is 5.75 Å². The number of carbonyl (C=O) groups is 2. The van der Waals surface area contributed by atoms with E-state index in [0.29, 0.717) is 5.75 Å². The Kier molecular flexibility index (Phi) is 5.55. The number of nitrogens with one attached hydrogen (secondary N) is 1. The lowest BCUT2D eigenvalue weighted by molar-refractivity contribution is -0.149. The molecular formula is C15H21NO4. The van der Waals surface area contributed by atoms with E-state index in [-0.39, 0.29) is 12.5 Å². The molecule has 0 atom stereocenters. The number of carbonyl (C=O) groups excluding carboxylic acids is 2. The Bertz CT molecular complexity index is 483. The van der Waals surface area contributed by atoms with Crippen LogP contribution in [-0.2, 0) is 20.7 Å². The highest BCUT2D eigenvalue weighted by Crippen LogP contribution is 2.18. The molecule has 0 saturated carbocycles. The highest BCUT2D eigenvalue weighted by molar-refractivity contribution is 5.87. The van der Waals surface area contributed by atoms with Gasteiger partial charge in [-0.15, -0.1) is 0 Å². The maximum absolute atomic E-state index is 11.8. The molecule has 0 fully saturated rings. The Morgan fingerprint density at radius 2 is 1.90 bits per heavy atom. The van der Waals surface area contributed by atoms with Crippen LogP contribution in [-0.4, -0.2) is 31.1 Å². The molecule has 0 aromatic heterocycles. The molecule has 0 unspecified atom stereocenters. The third-order valence-corrected chi connectivity index (χ3v) is 2.86. The van der Waals surface area contributed by atoms with E-state index in [1.165, 1.54) is 7.11 Å². The summed E-state index contributed by atoms with van der Waals surface area (Å²) < 4.78 is 10.1. The number of hydrogen-bond donors (Lipinski definition) is 1. The monoisotopic (exact) mass is 279 g/mol. The number of hydrogen-bond acceptors (Lipinski definition) is 4. The molecule has 0 bridgehead atoms. The number of para-hydroxylation sites is 1. The summed E-state index contributed by atoms with van der Waals surface area (Å²) in [5.41, 5.74) is -0.0352. The predicted molar refractivity (Wildman–Crippen MR) is 75.6 cm³/mol. The number of benzene rings is 1. The van der Waals surface area contributed by atoms with Crippen molar-refractivity contribution < 1.29 is 19.1 Å². The summed E-state index contributed by atoms with van der Waals surface area (Å²) in [4.78, 5) is 23.3. The molecule has 0 saturated heterocycles. The van der Waals surface area contributed by atoms with Gasteiger partial charge in [0.25, 0.3) is 5.91 Å². The zero-order chi connectivity index (χ0) is 15.2. The van der Waals surface area contributed by atoms with E-state index < -0.39 is 11.5 Å². The first-order valence-electron chi connectivity index (χ1n) is 6.50. The quantitative estimate of drug-likeness (QED) is 0.805. The van der Waals surface area contributed by atoms with Crippen molar-refractivity contribution >= 4 is 11.9 Å². The maximum atomic E-state index is 11.8. The van der Waals surface area contributed by atoms with E-state index in [1.54, 1.807) is 13.8 Å². The third-order valence-electron chi connectivity index (χ3n) is 2.86. The van der Waals surface area contributed by atoms with Crippen LogP contribution >= 0.6 is 0 Å². The number of amides is 1. The minimum atomic E-state index is -1.07. The second-order valence-electron chi connectivity index (χ2n) is 4.91. The Hall–Kier alpha value is -2.04. The van der Waals surface area contributed by atoms with Crippen molar-refractivity contribution in [2.45, 2.75) is 32.7 Å². The van der Waals surface area contributed by atoms with Gasteiger partial charge in [-0.25, -0.2) is 4.79 Å². The van der Waals surface area contributed by atoms with Gasteiger partial charge in [0.1, 0.15) is 11.3 Å². The van der Waals surface area contributed by atoms with E-state index >= 15 is 0 Å². The Balaban J connectivity index is 2.58. The zero-order valence-corrected chi connectivity index (χ0v) is 12.4. The van der Waals surface area contributed by atoms with Gasteiger partial charge in [-0.2, -0.15) is 0 Å². The number of rotatable bonds is 6. The SMILES string of the molecule is CCc1ccccc1OCC(=O)NC(C)(C)C(=O)OC. The van der Waals surface area contributed by atoms with Crippen LogP contribution in [0.1, 0.15) is 26.3 Å². The van der Waals surface area contributed by atoms with Crippen LogP contribution in [0.3, 0.4) is 0 Å². The van der Waals surface area contributed by atoms with Crippen molar-refractivity contribution in [3.8, 4) is 5.75 Å². The first-order valence-corrected chi connectivity index (χ1v) is 6.50. The lowest BCUT2D eigenvalue weighted by Gasteiger charge is -2.23. The highest BCUT2D eigenvalue weighted by Gasteiger charge is 2.30. The Morgan fingerprint density at radius 1 is 1.25 bits per heavy atom. The second kappa shape index (κ2) is 6.93. The van der Waals surface area contributed by atoms with Gasteiger partial charge in [0.15, 0.2) is 6.61 Å². The molecule has 5 nitrogen and oxygen atoms in total. The topological polar surface area (TPSA) is 64.6 Å². The molecule has 1 amide bonds. The molecule has 0 aliphatic rings. The molecule has 1 aromatic carbocycles. The lowest BCUT2D eigenvalue weighted by Crippen LogP contribution is -2.51. The van der Waals surface area contributed by atoms with Gasteiger partial charge >= 0.3 is 5.97 Å². The van der Waals surface area contributed by atoms with E-state index in [2.05, 4.69) is 10.1 Å². The van der Waals surface area contributed by atoms with Crippen molar-refractivity contribution in [2.24, 2.45) is 0 Å². The van der Waals surface area contributed by atoms with Crippen molar-refractivity contribution in [2.75, 3.05) is 13.7 Å². The fourth-order valence-electron chi connectivity index (χ4n) is 1.77. The molecule has 0 heterocycles. The minimum absolute atomic E-state index is 0.141. The summed E-state index contributed by atoms with van der Waals surface area (Å²) in [5, 5.41) is 2.58. The van der Waals surface area contributed by atoms with Crippen LogP contribution in [0.4, 0.5) is 0 Å². The smallest absolute Gasteiger partial charge is 0.330 e. The second-order valence-corrected chi connectivity index (χ2v) is 4.91. The van der Waals surface area contributed by atoms with Crippen LogP contribution in [0.15, 0.2) is 24.3 Å². The maximum Gasteiger partial charge on any atom is 0.330 e. The lowest BCUT2D eigenvalue weighted by atomic mass is 10.1. The first-order chi connectivity index (χ1) is 9.40. The summed E-state index contributed by atoms with van der Waals surface area (Å²) >= 11 is 0. The molecule has 1 aromatic rings. The van der Waals surface area contributed by atoms with Crippen LogP contribution in [0, 0.1) is 0 Å². The largest absolute Gasteiger partial charge is 0.483 e. The number of ether oxygens (including phenoxy) is 2.